The molecule has 0 aliphatic rings. The number of carbonyl (C=O) groups excluding carboxylic acids is 1. The maximum absolute atomic E-state index is 12.4. The molecule has 0 aliphatic carbocycles. The molecule has 2 heterocycles. The Morgan fingerprint density at radius 2 is 1.50 bits per heavy atom. The molecule has 22 heavy (non-hydrogen) atoms. The van der Waals surface area contributed by atoms with Gasteiger partial charge in [0.15, 0.2) is 0 Å². The Morgan fingerprint density at radius 3 is 1.86 bits per heavy atom. The Bertz CT molecular complexity index is 607. The molecule has 0 fully saturated rings. The van der Waals surface area contributed by atoms with Crippen molar-refractivity contribution in [1.29, 1.82) is 0 Å². The third kappa shape index (κ3) is 4.36. The smallest absolute Gasteiger partial charge is 0.239 e. The molecule has 0 spiro atoms. The zero-order chi connectivity index (χ0) is 16.1. The number of hydrogen-bond acceptors (Lipinski definition) is 4. The van der Waals surface area contributed by atoms with Gasteiger partial charge in [-0.05, 0) is 45.0 Å². The van der Waals surface area contributed by atoms with E-state index in [4.69, 9.17) is 5.73 Å². The number of aromatic nitrogens is 2. The quantitative estimate of drug-likeness (QED) is 0.916. The van der Waals surface area contributed by atoms with Crippen LogP contribution in [0, 0.1) is 13.8 Å². The highest BCUT2D eigenvalue weighted by molar-refractivity contribution is 5.81. The van der Waals surface area contributed by atoms with E-state index in [9.17, 15) is 4.79 Å². The molecule has 5 nitrogen and oxygen atoms in total. The summed E-state index contributed by atoms with van der Waals surface area (Å²) in [6.07, 6.45) is 0. The van der Waals surface area contributed by atoms with Gasteiger partial charge in [-0.2, -0.15) is 0 Å². The lowest BCUT2D eigenvalue weighted by atomic mass is 10.2. The van der Waals surface area contributed by atoms with Gasteiger partial charge in [0.2, 0.25) is 5.91 Å². The van der Waals surface area contributed by atoms with Crippen LogP contribution in [0.2, 0.25) is 0 Å². The highest BCUT2D eigenvalue weighted by atomic mass is 16.2. The molecule has 1 atom stereocenters. The molecule has 5 heteroatoms. The summed E-state index contributed by atoms with van der Waals surface area (Å²) in [7, 11) is 0. The normalized spacial score (nSPS) is 12.0. The van der Waals surface area contributed by atoms with Gasteiger partial charge in [0.25, 0.3) is 0 Å². The van der Waals surface area contributed by atoms with Crippen LogP contribution in [-0.4, -0.2) is 26.8 Å². The first-order chi connectivity index (χ1) is 10.5. The van der Waals surface area contributed by atoms with Crippen molar-refractivity contribution in [2.24, 2.45) is 5.73 Å². The maximum Gasteiger partial charge on any atom is 0.239 e. The van der Waals surface area contributed by atoms with Gasteiger partial charge in [0.1, 0.15) is 0 Å². The van der Waals surface area contributed by atoms with Gasteiger partial charge >= 0.3 is 0 Å². The zero-order valence-corrected chi connectivity index (χ0v) is 13.3. The van der Waals surface area contributed by atoms with Crippen molar-refractivity contribution in [3.8, 4) is 0 Å². The lowest BCUT2D eigenvalue weighted by molar-refractivity contribution is -0.133. The third-order valence-corrected chi connectivity index (χ3v) is 3.30. The third-order valence-electron chi connectivity index (χ3n) is 3.30. The number of carbonyl (C=O) groups is 1. The van der Waals surface area contributed by atoms with Gasteiger partial charge in [-0.25, -0.2) is 0 Å². The Labute approximate surface area is 131 Å². The largest absolute Gasteiger partial charge is 0.330 e. The summed E-state index contributed by atoms with van der Waals surface area (Å²) in [5, 5.41) is 0. The second kappa shape index (κ2) is 7.13. The van der Waals surface area contributed by atoms with Crippen LogP contribution in [0.15, 0.2) is 36.4 Å². The summed E-state index contributed by atoms with van der Waals surface area (Å²) >= 11 is 0. The molecular formula is C17H22N4O. The van der Waals surface area contributed by atoms with Crippen LogP contribution in [0.3, 0.4) is 0 Å². The van der Waals surface area contributed by atoms with Crippen molar-refractivity contribution in [1.82, 2.24) is 14.9 Å². The van der Waals surface area contributed by atoms with Gasteiger partial charge < -0.3 is 10.6 Å². The van der Waals surface area contributed by atoms with E-state index in [0.29, 0.717) is 13.1 Å². The summed E-state index contributed by atoms with van der Waals surface area (Å²) < 4.78 is 0. The van der Waals surface area contributed by atoms with E-state index in [0.717, 1.165) is 22.8 Å². The SMILES string of the molecule is Cc1cccc(CN(Cc2cccc(C)n2)C(=O)C(C)N)n1. The van der Waals surface area contributed by atoms with Crippen LogP contribution in [-0.2, 0) is 17.9 Å². The van der Waals surface area contributed by atoms with Crippen LogP contribution in [0.5, 0.6) is 0 Å². The van der Waals surface area contributed by atoms with Gasteiger partial charge in [0, 0.05) is 11.4 Å². The fraction of sp³-hybridized carbons (Fsp3) is 0.353. The number of hydrogen-bond donors (Lipinski definition) is 1. The molecule has 116 valence electrons. The molecule has 2 aromatic heterocycles. The van der Waals surface area contributed by atoms with Crippen molar-refractivity contribution in [3.63, 3.8) is 0 Å². The van der Waals surface area contributed by atoms with Crippen LogP contribution in [0.25, 0.3) is 0 Å². The minimum Gasteiger partial charge on any atom is -0.330 e. The monoisotopic (exact) mass is 298 g/mol. The molecule has 0 saturated heterocycles. The number of amides is 1. The Hall–Kier alpha value is -2.27. The molecule has 2 aromatic rings. The van der Waals surface area contributed by atoms with E-state index in [2.05, 4.69) is 9.97 Å². The first-order valence-corrected chi connectivity index (χ1v) is 7.35. The lowest BCUT2D eigenvalue weighted by Gasteiger charge is -2.24. The van der Waals surface area contributed by atoms with Crippen LogP contribution < -0.4 is 5.73 Å². The molecule has 0 bridgehead atoms. The van der Waals surface area contributed by atoms with Crippen molar-refractivity contribution in [2.45, 2.75) is 39.9 Å². The van der Waals surface area contributed by atoms with Crippen molar-refractivity contribution in [2.75, 3.05) is 0 Å². The molecule has 0 aromatic carbocycles. The molecule has 1 unspecified atom stereocenters. The van der Waals surface area contributed by atoms with E-state index in [-0.39, 0.29) is 5.91 Å². The first kappa shape index (κ1) is 16.1. The van der Waals surface area contributed by atoms with E-state index in [1.165, 1.54) is 0 Å². The minimum atomic E-state index is -0.547. The van der Waals surface area contributed by atoms with Crippen molar-refractivity contribution < 1.29 is 4.79 Å². The van der Waals surface area contributed by atoms with E-state index in [1.54, 1.807) is 11.8 Å². The molecule has 1 amide bonds. The maximum atomic E-state index is 12.4. The van der Waals surface area contributed by atoms with Crippen LogP contribution in [0.4, 0.5) is 0 Å². The average molecular weight is 298 g/mol. The minimum absolute atomic E-state index is 0.105. The standard InChI is InChI=1S/C17H22N4O/c1-12-6-4-8-15(19-12)10-21(17(22)14(3)18)11-16-9-5-7-13(2)20-16/h4-9,14H,10-11,18H2,1-3H3. The molecule has 2 rings (SSSR count). The molecule has 0 radical (unpaired) electrons. The number of rotatable bonds is 5. The summed E-state index contributed by atoms with van der Waals surface area (Å²) in [6.45, 7) is 6.42. The van der Waals surface area contributed by atoms with Crippen LogP contribution in [0.1, 0.15) is 29.7 Å². The van der Waals surface area contributed by atoms with Crippen molar-refractivity contribution >= 4 is 5.91 Å². The Morgan fingerprint density at radius 1 is 1.05 bits per heavy atom. The average Bonchev–Trinajstić information content (AvgIpc) is 2.46. The van der Waals surface area contributed by atoms with E-state index >= 15 is 0 Å². The zero-order valence-electron chi connectivity index (χ0n) is 13.3. The Kier molecular flexibility index (Phi) is 5.22. The molecule has 2 N–H and O–H groups in total. The number of pyridine rings is 2. The number of nitrogens with two attached hydrogens (primary N) is 1. The summed E-state index contributed by atoms with van der Waals surface area (Å²) in [4.78, 5) is 23.0. The summed E-state index contributed by atoms with van der Waals surface area (Å²) in [6, 6.07) is 11.0. The fourth-order valence-electron chi connectivity index (χ4n) is 2.27. The van der Waals surface area contributed by atoms with E-state index < -0.39 is 6.04 Å². The summed E-state index contributed by atoms with van der Waals surface area (Å²) in [5.41, 5.74) is 9.33. The highest BCUT2D eigenvalue weighted by Gasteiger charge is 2.19. The fourth-order valence-corrected chi connectivity index (χ4v) is 2.27. The second-order valence-electron chi connectivity index (χ2n) is 5.52. The van der Waals surface area contributed by atoms with E-state index in [1.807, 2.05) is 50.2 Å². The summed E-state index contributed by atoms with van der Waals surface area (Å²) in [5.74, 6) is -0.105. The molecular weight excluding hydrogens is 276 g/mol. The topological polar surface area (TPSA) is 72.1 Å². The van der Waals surface area contributed by atoms with Gasteiger partial charge in [-0.1, -0.05) is 12.1 Å². The second-order valence-corrected chi connectivity index (χ2v) is 5.52. The first-order valence-electron chi connectivity index (χ1n) is 7.35. The number of aryl methyl sites for hydroxylation is 2. The predicted molar refractivity (Wildman–Crippen MR) is 85.9 cm³/mol. The van der Waals surface area contributed by atoms with Gasteiger partial charge in [0.05, 0.1) is 30.5 Å². The van der Waals surface area contributed by atoms with Crippen LogP contribution >= 0.6 is 0 Å². The molecule has 0 saturated carbocycles. The van der Waals surface area contributed by atoms with Crippen molar-refractivity contribution in [3.05, 3.63) is 59.2 Å². The van der Waals surface area contributed by atoms with Gasteiger partial charge in [-0.15, -0.1) is 0 Å². The van der Waals surface area contributed by atoms with Gasteiger partial charge in [-0.3, -0.25) is 14.8 Å². The molecule has 0 aliphatic heterocycles. The number of nitrogens with zero attached hydrogens (tertiary/aromatic N) is 3. The highest BCUT2D eigenvalue weighted by Crippen LogP contribution is 2.10. The Balaban J connectivity index is 2.21. The lowest BCUT2D eigenvalue weighted by Crippen LogP contribution is -2.41. The predicted octanol–water partition coefficient (Wildman–Crippen LogP) is 1.97.